The molecule has 0 saturated carbocycles. The summed E-state index contributed by atoms with van der Waals surface area (Å²) in [5, 5.41) is 3.12. The van der Waals surface area contributed by atoms with Crippen molar-refractivity contribution in [3.05, 3.63) is 0 Å². The summed E-state index contributed by atoms with van der Waals surface area (Å²) in [5.74, 6) is 0.833. The van der Waals surface area contributed by atoms with Crippen molar-refractivity contribution in [2.75, 3.05) is 13.6 Å². The summed E-state index contributed by atoms with van der Waals surface area (Å²) in [6.45, 7) is 14.4. The third kappa shape index (κ3) is 32.5. The Morgan fingerprint density at radius 3 is 1.50 bits per heavy atom. The minimum absolute atomic E-state index is 0.489. The van der Waals surface area contributed by atoms with Crippen molar-refractivity contribution in [3.63, 3.8) is 0 Å². The van der Waals surface area contributed by atoms with E-state index in [1.165, 1.54) is 6.42 Å². The summed E-state index contributed by atoms with van der Waals surface area (Å²) in [4.78, 5) is 0. The number of rotatable bonds is 2. The Hall–Kier alpha value is -0.0400. The van der Waals surface area contributed by atoms with Gasteiger partial charge in [0.15, 0.2) is 0 Å². The summed E-state index contributed by atoms with van der Waals surface area (Å²) in [7, 11) is 1.99. The van der Waals surface area contributed by atoms with Gasteiger partial charge in [-0.3, -0.25) is 0 Å². The molecule has 0 radical (unpaired) electrons. The van der Waals surface area contributed by atoms with E-state index in [9.17, 15) is 0 Å². The number of nitrogens with one attached hydrogen (secondary N) is 1. The first-order chi connectivity index (χ1) is 5.29. The zero-order valence-electron chi connectivity index (χ0n) is 9.99. The van der Waals surface area contributed by atoms with E-state index < -0.39 is 0 Å². The molecule has 0 unspecified atom stereocenters. The van der Waals surface area contributed by atoms with Crippen molar-refractivity contribution in [1.82, 2.24) is 5.32 Å². The van der Waals surface area contributed by atoms with Crippen molar-refractivity contribution >= 4 is 0 Å². The van der Waals surface area contributed by atoms with Gasteiger partial charge in [0.2, 0.25) is 0 Å². The van der Waals surface area contributed by atoms with Crippen molar-refractivity contribution in [2.24, 2.45) is 11.3 Å². The van der Waals surface area contributed by atoms with Crippen LogP contribution >= 0.6 is 0 Å². The molecule has 12 heavy (non-hydrogen) atoms. The van der Waals surface area contributed by atoms with Crippen LogP contribution in [0.25, 0.3) is 0 Å². The quantitative estimate of drug-likeness (QED) is 0.675. The molecular weight excluding hydrogens is 146 g/mol. The van der Waals surface area contributed by atoms with Crippen LogP contribution in [0.3, 0.4) is 0 Å². The Bertz CT molecular complexity index is 76.7. The van der Waals surface area contributed by atoms with Gasteiger partial charge in [0.25, 0.3) is 0 Å². The van der Waals surface area contributed by atoms with Gasteiger partial charge in [-0.05, 0) is 31.3 Å². The van der Waals surface area contributed by atoms with E-state index in [1.807, 2.05) is 7.05 Å². The predicted molar refractivity (Wildman–Crippen MR) is 58.5 cm³/mol. The standard InChI is InChI=1S/C7H17N.C4H10/c1-7(2,3)5-6-8-4;1-4(2)3/h8H,5-6H2,1-4H3;4H,1-3H3. The fourth-order valence-electron chi connectivity index (χ4n) is 0.500. The summed E-state index contributed by atoms with van der Waals surface area (Å²) >= 11 is 0. The van der Waals surface area contributed by atoms with Crippen LogP contribution in [0.4, 0.5) is 0 Å². The summed E-state index contributed by atoms with van der Waals surface area (Å²) < 4.78 is 0. The third-order valence-electron chi connectivity index (χ3n) is 1.12. The molecule has 0 spiro atoms. The average molecular weight is 173 g/mol. The van der Waals surface area contributed by atoms with Crippen LogP contribution in [-0.4, -0.2) is 13.6 Å². The lowest BCUT2D eigenvalue weighted by atomic mass is 9.92. The lowest BCUT2D eigenvalue weighted by Gasteiger charge is -2.16. The molecule has 0 atom stereocenters. The molecule has 0 aromatic rings. The van der Waals surface area contributed by atoms with Crippen molar-refractivity contribution in [2.45, 2.75) is 48.0 Å². The summed E-state index contributed by atoms with van der Waals surface area (Å²) in [6, 6.07) is 0. The molecule has 0 fully saturated rings. The second kappa shape index (κ2) is 7.60. The van der Waals surface area contributed by atoms with Gasteiger partial charge < -0.3 is 5.32 Å². The Morgan fingerprint density at radius 1 is 1.08 bits per heavy atom. The average Bonchev–Trinajstić information content (AvgIpc) is 1.80. The fourth-order valence-corrected chi connectivity index (χ4v) is 0.500. The maximum atomic E-state index is 3.12. The molecule has 0 aliphatic rings. The molecule has 0 aliphatic heterocycles. The Kier molecular flexibility index (Phi) is 9.17. The number of hydrogen-bond acceptors (Lipinski definition) is 1. The van der Waals surface area contributed by atoms with E-state index in [4.69, 9.17) is 0 Å². The van der Waals surface area contributed by atoms with Gasteiger partial charge in [0.05, 0.1) is 0 Å². The Balaban J connectivity index is 0. The highest BCUT2D eigenvalue weighted by molar-refractivity contribution is 4.61. The van der Waals surface area contributed by atoms with E-state index >= 15 is 0 Å². The van der Waals surface area contributed by atoms with Gasteiger partial charge in [-0.2, -0.15) is 0 Å². The molecule has 1 heteroatoms. The Labute approximate surface area is 78.9 Å². The van der Waals surface area contributed by atoms with Crippen LogP contribution in [0, 0.1) is 11.3 Å². The normalized spacial score (nSPS) is 11.0. The first kappa shape index (κ1) is 14.5. The SMILES string of the molecule is CC(C)C.CNCCC(C)(C)C. The maximum Gasteiger partial charge on any atom is -0.00469 e. The van der Waals surface area contributed by atoms with Crippen LogP contribution in [0.2, 0.25) is 0 Å². The first-order valence-corrected chi connectivity index (χ1v) is 4.94. The largest absolute Gasteiger partial charge is 0.320 e. The topological polar surface area (TPSA) is 12.0 Å². The van der Waals surface area contributed by atoms with Gasteiger partial charge in [-0.25, -0.2) is 0 Å². The molecule has 0 rings (SSSR count). The van der Waals surface area contributed by atoms with Crippen LogP contribution < -0.4 is 5.32 Å². The molecule has 0 aliphatic carbocycles. The minimum Gasteiger partial charge on any atom is -0.320 e. The van der Waals surface area contributed by atoms with Crippen molar-refractivity contribution in [1.29, 1.82) is 0 Å². The highest BCUT2D eigenvalue weighted by Crippen LogP contribution is 2.16. The highest BCUT2D eigenvalue weighted by Gasteiger charge is 2.07. The van der Waals surface area contributed by atoms with E-state index in [0.717, 1.165) is 12.5 Å². The van der Waals surface area contributed by atoms with Crippen LogP contribution in [-0.2, 0) is 0 Å². The molecule has 76 valence electrons. The van der Waals surface area contributed by atoms with Crippen LogP contribution in [0.15, 0.2) is 0 Å². The van der Waals surface area contributed by atoms with Gasteiger partial charge in [0, 0.05) is 0 Å². The maximum absolute atomic E-state index is 3.12. The molecule has 0 bridgehead atoms. The number of hydrogen-bond donors (Lipinski definition) is 1. The van der Waals surface area contributed by atoms with Gasteiger partial charge in [-0.1, -0.05) is 41.5 Å². The molecule has 0 aromatic carbocycles. The third-order valence-corrected chi connectivity index (χ3v) is 1.12. The van der Waals surface area contributed by atoms with Gasteiger partial charge in [0.1, 0.15) is 0 Å². The first-order valence-electron chi connectivity index (χ1n) is 4.94. The monoisotopic (exact) mass is 173 g/mol. The van der Waals surface area contributed by atoms with Crippen LogP contribution in [0.1, 0.15) is 48.0 Å². The zero-order chi connectivity index (χ0) is 10.2. The van der Waals surface area contributed by atoms with E-state index in [1.54, 1.807) is 0 Å². The predicted octanol–water partition coefficient (Wildman–Crippen LogP) is 3.30. The van der Waals surface area contributed by atoms with Crippen molar-refractivity contribution < 1.29 is 0 Å². The molecule has 0 heterocycles. The van der Waals surface area contributed by atoms with Crippen LogP contribution in [0.5, 0.6) is 0 Å². The zero-order valence-corrected chi connectivity index (χ0v) is 9.99. The molecular formula is C11H27N. The lowest BCUT2D eigenvalue weighted by molar-refractivity contribution is 0.373. The Morgan fingerprint density at radius 2 is 1.42 bits per heavy atom. The smallest absolute Gasteiger partial charge is 0.00469 e. The molecule has 0 saturated heterocycles. The molecule has 0 aromatic heterocycles. The highest BCUT2D eigenvalue weighted by atomic mass is 14.8. The lowest BCUT2D eigenvalue weighted by Crippen LogP contribution is -2.16. The van der Waals surface area contributed by atoms with E-state index in [-0.39, 0.29) is 0 Å². The fraction of sp³-hybridized carbons (Fsp3) is 1.00. The van der Waals surface area contributed by atoms with Gasteiger partial charge >= 0.3 is 0 Å². The van der Waals surface area contributed by atoms with E-state index in [0.29, 0.717) is 5.41 Å². The molecule has 1 nitrogen and oxygen atoms in total. The second-order valence-corrected chi connectivity index (χ2v) is 5.15. The summed E-state index contributed by atoms with van der Waals surface area (Å²) in [6.07, 6.45) is 1.25. The van der Waals surface area contributed by atoms with Gasteiger partial charge in [-0.15, -0.1) is 0 Å². The molecule has 0 amide bonds. The molecule has 1 N–H and O–H groups in total. The second-order valence-electron chi connectivity index (χ2n) is 5.15. The van der Waals surface area contributed by atoms with Crippen molar-refractivity contribution in [3.8, 4) is 0 Å². The minimum atomic E-state index is 0.489. The summed E-state index contributed by atoms with van der Waals surface area (Å²) in [5.41, 5.74) is 0.489. The van der Waals surface area contributed by atoms with E-state index in [2.05, 4.69) is 46.9 Å².